The molecule has 6 nitrogen and oxygen atoms in total. The van der Waals surface area contributed by atoms with Crippen LogP contribution in [0.2, 0.25) is 5.02 Å². The number of hydrogen-bond acceptors (Lipinski definition) is 4. The molecule has 19 heavy (non-hydrogen) atoms. The minimum absolute atomic E-state index is 0.0692. The second kappa shape index (κ2) is 5.81. The van der Waals surface area contributed by atoms with E-state index >= 15 is 0 Å². The average molecular weight is 286 g/mol. The molecule has 0 aliphatic carbocycles. The summed E-state index contributed by atoms with van der Waals surface area (Å²) in [5.74, 6) is -3.63. The van der Waals surface area contributed by atoms with Crippen LogP contribution in [0.1, 0.15) is 23.2 Å². The Morgan fingerprint density at radius 1 is 1.16 bits per heavy atom. The van der Waals surface area contributed by atoms with Gasteiger partial charge in [-0.3, -0.25) is 9.59 Å². The van der Waals surface area contributed by atoms with Gasteiger partial charge >= 0.3 is 11.9 Å². The number of carboxylic acid groups (broad SMARTS) is 2. The van der Waals surface area contributed by atoms with Crippen LogP contribution in [0, 0.1) is 0 Å². The minimum atomic E-state index is -2.26. The third-order valence-electron chi connectivity index (χ3n) is 2.63. The van der Waals surface area contributed by atoms with Gasteiger partial charge in [-0.05, 0) is 30.7 Å². The van der Waals surface area contributed by atoms with Crippen LogP contribution in [0.3, 0.4) is 0 Å². The number of aliphatic carboxylic acids is 2. The Labute approximate surface area is 113 Å². The molecular weight excluding hydrogens is 274 g/mol. The van der Waals surface area contributed by atoms with Crippen molar-refractivity contribution in [3.8, 4) is 0 Å². The normalized spacial score (nSPS) is 13.6. The van der Waals surface area contributed by atoms with Gasteiger partial charge in [0.15, 0.2) is 11.3 Å². The van der Waals surface area contributed by atoms with Gasteiger partial charge in [0.25, 0.3) is 0 Å². The van der Waals surface area contributed by atoms with E-state index in [0.29, 0.717) is 5.02 Å². The highest BCUT2D eigenvalue weighted by Gasteiger charge is 2.42. The van der Waals surface area contributed by atoms with Gasteiger partial charge in [-0.1, -0.05) is 11.6 Å². The number of Topliss-reactive ketones (excluding diaryl/α,β-unsaturated/α-hetero) is 1. The Morgan fingerprint density at radius 2 is 1.68 bits per heavy atom. The number of carbonyl (C=O) groups excluding carboxylic acids is 1. The smallest absolute Gasteiger partial charge is 0.331 e. The van der Waals surface area contributed by atoms with Gasteiger partial charge < -0.3 is 15.9 Å². The van der Waals surface area contributed by atoms with Crippen molar-refractivity contribution in [3.63, 3.8) is 0 Å². The largest absolute Gasteiger partial charge is 0.481 e. The minimum Gasteiger partial charge on any atom is -0.481 e. The van der Waals surface area contributed by atoms with Crippen LogP contribution in [0.4, 0.5) is 0 Å². The number of ketones is 1. The fraction of sp³-hybridized carbons (Fsp3) is 0.250. The summed E-state index contributed by atoms with van der Waals surface area (Å²) in [4.78, 5) is 33.7. The molecule has 0 aliphatic rings. The van der Waals surface area contributed by atoms with Gasteiger partial charge in [0, 0.05) is 17.0 Å². The van der Waals surface area contributed by atoms with Crippen LogP contribution in [-0.4, -0.2) is 33.5 Å². The predicted octanol–water partition coefficient (Wildman–Crippen LogP) is 1.17. The van der Waals surface area contributed by atoms with Crippen LogP contribution in [0.5, 0.6) is 0 Å². The first-order valence-corrected chi connectivity index (χ1v) is 5.69. The number of halogens is 1. The molecule has 0 aromatic heterocycles. The van der Waals surface area contributed by atoms with Gasteiger partial charge in [0.05, 0.1) is 0 Å². The molecule has 0 radical (unpaired) electrons. The Morgan fingerprint density at radius 3 is 2.11 bits per heavy atom. The van der Waals surface area contributed by atoms with Crippen LogP contribution in [0.15, 0.2) is 24.3 Å². The van der Waals surface area contributed by atoms with Crippen molar-refractivity contribution in [1.29, 1.82) is 0 Å². The van der Waals surface area contributed by atoms with E-state index in [1.54, 1.807) is 0 Å². The first-order chi connectivity index (χ1) is 8.77. The molecule has 0 bridgehead atoms. The number of nitrogens with two attached hydrogens (primary N) is 1. The van der Waals surface area contributed by atoms with Crippen LogP contribution in [-0.2, 0) is 9.59 Å². The maximum absolute atomic E-state index is 12.1. The zero-order chi connectivity index (χ0) is 14.6. The van der Waals surface area contributed by atoms with Crippen molar-refractivity contribution in [2.45, 2.75) is 18.4 Å². The molecule has 1 atom stereocenters. The van der Waals surface area contributed by atoms with E-state index in [1.807, 2.05) is 0 Å². The summed E-state index contributed by atoms with van der Waals surface area (Å²) < 4.78 is 0. The van der Waals surface area contributed by atoms with Gasteiger partial charge in [-0.2, -0.15) is 0 Å². The lowest BCUT2D eigenvalue weighted by atomic mass is 9.86. The molecule has 0 unspecified atom stereocenters. The molecule has 4 N–H and O–H groups in total. The number of benzene rings is 1. The molecular formula is C12H12ClNO5. The van der Waals surface area contributed by atoms with Crippen molar-refractivity contribution < 1.29 is 24.6 Å². The molecule has 0 fully saturated rings. The molecule has 0 saturated carbocycles. The molecule has 0 heterocycles. The lowest BCUT2D eigenvalue weighted by Gasteiger charge is -2.22. The SMILES string of the molecule is N[C@@](CCC(=O)O)(C(=O)O)C(=O)c1ccc(Cl)cc1. The first kappa shape index (κ1) is 15.1. The highest BCUT2D eigenvalue weighted by atomic mass is 35.5. The lowest BCUT2D eigenvalue weighted by Crippen LogP contribution is -2.55. The van der Waals surface area contributed by atoms with Gasteiger partial charge in [0.1, 0.15) is 0 Å². The second-order valence-corrected chi connectivity index (χ2v) is 4.44. The number of hydrogen-bond donors (Lipinski definition) is 3. The molecule has 1 aromatic carbocycles. The number of rotatable bonds is 6. The topological polar surface area (TPSA) is 118 Å². The number of carbonyl (C=O) groups is 3. The van der Waals surface area contributed by atoms with Gasteiger partial charge in [0.2, 0.25) is 0 Å². The van der Waals surface area contributed by atoms with E-state index < -0.39 is 36.1 Å². The second-order valence-electron chi connectivity index (χ2n) is 4.01. The summed E-state index contributed by atoms with van der Waals surface area (Å²) in [5, 5.41) is 18.0. The maximum Gasteiger partial charge on any atom is 0.331 e. The summed E-state index contributed by atoms with van der Waals surface area (Å²) in [7, 11) is 0. The highest BCUT2D eigenvalue weighted by molar-refractivity contribution is 6.30. The zero-order valence-electron chi connectivity index (χ0n) is 9.80. The fourth-order valence-corrected chi connectivity index (χ4v) is 1.61. The van der Waals surface area contributed by atoms with E-state index in [9.17, 15) is 14.4 Å². The molecule has 102 valence electrons. The Kier molecular flexibility index (Phi) is 4.63. The van der Waals surface area contributed by atoms with Crippen molar-refractivity contribution >= 4 is 29.3 Å². The van der Waals surface area contributed by atoms with Crippen LogP contribution in [0.25, 0.3) is 0 Å². The Bertz CT molecular complexity index is 513. The van der Waals surface area contributed by atoms with E-state index in [1.165, 1.54) is 24.3 Å². The Hall–Kier alpha value is -1.92. The summed E-state index contributed by atoms with van der Waals surface area (Å²) in [6.07, 6.45) is -0.999. The van der Waals surface area contributed by atoms with E-state index in [0.717, 1.165) is 0 Å². The standard InChI is InChI=1S/C12H12ClNO5/c13-8-3-1-7(2-4-8)10(17)12(14,11(18)19)6-5-9(15)16/h1-4H,5-6,14H2,(H,15,16)(H,18,19)/t12-/m1/s1. The third-order valence-corrected chi connectivity index (χ3v) is 2.88. The summed E-state index contributed by atoms with van der Waals surface area (Å²) >= 11 is 5.66. The maximum atomic E-state index is 12.1. The van der Waals surface area contributed by atoms with Gasteiger partial charge in [-0.15, -0.1) is 0 Å². The molecule has 7 heteroatoms. The molecule has 0 aliphatic heterocycles. The molecule has 1 aromatic rings. The van der Waals surface area contributed by atoms with Gasteiger partial charge in [-0.25, -0.2) is 4.79 Å². The van der Waals surface area contributed by atoms with E-state index in [4.69, 9.17) is 27.5 Å². The summed E-state index contributed by atoms with van der Waals surface area (Å²) in [6.45, 7) is 0. The van der Waals surface area contributed by atoms with Crippen molar-refractivity contribution in [2.75, 3.05) is 0 Å². The molecule has 0 saturated heterocycles. The van der Waals surface area contributed by atoms with Crippen molar-refractivity contribution in [2.24, 2.45) is 5.73 Å². The van der Waals surface area contributed by atoms with E-state index in [-0.39, 0.29) is 5.56 Å². The molecule has 0 spiro atoms. The van der Waals surface area contributed by atoms with Crippen LogP contribution < -0.4 is 5.73 Å². The highest BCUT2D eigenvalue weighted by Crippen LogP contribution is 2.19. The summed E-state index contributed by atoms with van der Waals surface area (Å²) in [6, 6.07) is 5.54. The first-order valence-electron chi connectivity index (χ1n) is 5.32. The van der Waals surface area contributed by atoms with Crippen LogP contribution >= 0.6 is 11.6 Å². The fourth-order valence-electron chi connectivity index (χ4n) is 1.48. The average Bonchev–Trinajstić information content (AvgIpc) is 2.35. The van der Waals surface area contributed by atoms with E-state index in [2.05, 4.69) is 0 Å². The predicted molar refractivity (Wildman–Crippen MR) is 67.2 cm³/mol. The monoisotopic (exact) mass is 285 g/mol. The quantitative estimate of drug-likeness (QED) is 0.533. The molecule has 0 amide bonds. The molecule has 1 rings (SSSR count). The summed E-state index contributed by atoms with van der Waals surface area (Å²) in [5.41, 5.74) is 3.37. The Balaban J connectivity index is 3.04. The van der Waals surface area contributed by atoms with Crippen molar-refractivity contribution in [3.05, 3.63) is 34.9 Å². The third kappa shape index (κ3) is 3.52. The zero-order valence-corrected chi connectivity index (χ0v) is 10.6. The number of carboxylic acids is 2. The lowest BCUT2D eigenvalue weighted by molar-refractivity contribution is -0.142. The van der Waals surface area contributed by atoms with Crippen molar-refractivity contribution in [1.82, 2.24) is 0 Å².